The van der Waals surface area contributed by atoms with E-state index in [1.54, 1.807) is 6.07 Å². The summed E-state index contributed by atoms with van der Waals surface area (Å²) >= 11 is 9.67. The van der Waals surface area contributed by atoms with Crippen molar-refractivity contribution >= 4 is 50.0 Å². The molecule has 1 amide bonds. The second-order valence-corrected chi connectivity index (χ2v) is 8.70. The largest absolute Gasteiger partial charge is 0.322 e. The van der Waals surface area contributed by atoms with Crippen molar-refractivity contribution in [2.75, 3.05) is 5.32 Å². The average molecular weight is 480 g/mol. The van der Waals surface area contributed by atoms with Gasteiger partial charge in [0.25, 0.3) is 5.91 Å². The Labute approximate surface area is 189 Å². The predicted octanol–water partition coefficient (Wildman–Crippen LogP) is 7.50. The van der Waals surface area contributed by atoms with E-state index in [1.165, 1.54) is 0 Å². The van der Waals surface area contributed by atoms with E-state index in [-0.39, 0.29) is 5.91 Å². The lowest BCUT2D eigenvalue weighted by Crippen LogP contribution is -2.14. The summed E-state index contributed by atoms with van der Waals surface area (Å²) in [6.07, 6.45) is 0. The summed E-state index contributed by atoms with van der Waals surface area (Å²) in [5, 5.41) is 4.42. The van der Waals surface area contributed by atoms with E-state index in [9.17, 15) is 4.79 Å². The molecule has 4 rings (SSSR count). The van der Waals surface area contributed by atoms with Gasteiger partial charge in [-0.2, -0.15) is 0 Å². The van der Waals surface area contributed by atoms with Gasteiger partial charge in [0.1, 0.15) is 0 Å². The highest BCUT2D eigenvalue weighted by atomic mass is 79.9. The van der Waals surface area contributed by atoms with Gasteiger partial charge in [-0.3, -0.25) is 4.79 Å². The van der Waals surface area contributed by atoms with E-state index < -0.39 is 0 Å². The maximum absolute atomic E-state index is 13.4. The van der Waals surface area contributed by atoms with Gasteiger partial charge in [0.15, 0.2) is 0 Å². The van der Waals surface area contributed by atoms with E-state index in [0.29, 0.717) is 16.3 Å². The van der Waals surface area contributed by atoms with Crippen molar-refractivity contribution in [2.45, 2.75) is 20.8 Å². The third-order valence-electron chi connectivity index (χ3n) is 5.08. The third kappa shape index (κ3) is 3.98. The van der Waals surface area contributed by atoms with Crippen molar-refractivity contribution in [3.63, 3.8) is 0 Å². The summed E-state index contributed by atoms with van der Waals surface area (Å²) in [5.74, 6) is -0.189. The van der Waals surface area contributed by atoms with Crippen LogP contribution >= 0.6 is 27.5 Å². The number of fused-ring (bicyclic) bond motifs is 1. The van der Waals surface area contributed by atoms with Crippen LogP contribution in [-0.2, 0) is 0 Å². The number of hydrogen-bond donors (Lipinski definition) is 1. The lowest BCUT2D eigenvalue weighted by Gasteiger charge is -2.14. The van der Waals surface area contributed by atoms with Crippen molar-refractivity contribution < 1.29 is 4.79 Å². The lowest BCUT2D eigenvalue weighted by molar-refractivity contribution is 0.102. The summed E-state index contributed by atoms with van der Waals surface area (Å²) in [4.78, 5) is 18.3. The number of hydrogen-bond acceptors (Lipinski definition) is 2. The SMILES string of the molecule is Cc1cc(C)c2nc(-c3ccccc3)cc(C(=O)Nc3cc(Cl)c(Br)cc3C)c2c1. The number of pyridine rings is 1. The number of anilines is 1. The summed E-state index contributed by atoms with van der Waals surface area (Å²) in [5.41, 5.74) is 6.90. The Morgan fingerprint density at radius 3 is 2.43 bits per heavy atom. The van der Waals surface area contributed by atoms with Gasteiger partial charge in [0.2, 0.25) is 0 Å². The number of nitrogens with zero attached hydrogens (tertiary/aromatic N) is 1. The fourth-order valence-corrected chi connectivity index (χ4v) is 4.22. The molecule has 5 heteroatoms. The molecule has 4 aromatic rings. The van der Waals surface area contributed by atoms with Gasteiger partial charge >= 0.3 is 0 Å². The van der Waals surface area contributed by atoms with Gasteiger partial charge in [0.05, 0.1) is 21.8 Å². The molecule has 3 nitrogen and oxygen atoms in total. The van der Waals surface area contributed by atoms with Crippen molar-refractivity contribution in [3.05, 3.63) is 92.4 Å². The third-order valence-corrected chi connectivity index (χ3v) is 6.28. The Morgan fingerprint density at radius 2 is 1.70 bits per heavy atom. The van der Waals surface area contributed by atoms with Crippen LogP contribution in [0.15, 0.2) is 65.1 Å². The summed E-state index contributed by atoms with van der Waals surface area (Å²) in [6.45, 7) is 5.99. The molecule has 1 heterocycles. The zero-order valence-corrected chi connectivity index (χ0v) is 19.2. The van der Waals surface area contributed by atoms with Crippen LogP contribution in [0, 0.1) is 20.8 Å². The fourth-order valence-electron chi connectivity index (χ4n) is 3.60. The molecule has 0 fully saturated rings. The van der Waals surface area contributed by atoms with E-state index >= 15 is 0 Å². The molecule has 0 aliphatic rings. The quantitative estimate of drug-likeness (QED) is 0.330. The van der Waals surface area contributed by atoms with Gasteiger partial charge < -0.3 is 5.32 Å². The van der Waals surface area contributed by atoms with Gasteiger partial charge in [-0.05, 0) is 72.1 Å². The molecule has 150 valence electrons. The molecule has 0 spiro atoms. The van der Waals surface area contributed by atoms with Gasteiger partial charge in [-0.25, -0.2) is 4.98 Å². The van der Waals surface area contributed by atoms with Crippen LogP contribution < -0.4 is 5.32 Å². The molecule has 0 saturated heterocycles. The van der Waals surface area contributed by atoms with Crippen LogP contribution in [0.5, 0.6) is 0 Å². The summed E-state index contributed by atoms with van der Waals surface area (Å²) in [7, 11) is 0. The van der Waals surface area contributed by atoms with E-state index in [2.05, 4.69) is 27.3 Å². The van der Waals surface area contributed by atoms with E-state index in [4.69, 9.17) is 16.6 Å². The molecule has 0 bridgehead atoms. The van der Waals surface area contributed by atoms with Crippen molar-refractivity contribution in [2.24, 2.45) is 0 Å². The highest BCUT2D eigenvalue weighted by Crippen LogP contribution is 2.31. The first-order valence-electron chi connectivity index (χ1n) is 9.58. The Bertz CT molecular complexity index is 1290. The Balaban J connectivity index is 1.88. The summed E-state index contributed by atoms with van der Waals surface area (Å²) in [6, 6.07) is 19.5. The molecular weight excluding hydrogens is 460 g/mol. The van der Waals surface area contributed by atoms with Crippen LogP contribution in [0.1, 0.15) is 27.0 Å². The van der Waals surface area contributed by atoms with Crippen LogP contribution in [-0.4, -0.2) is 10.9 Å². The fraction of sp³-hybridized carbons (Fsp3) is 0.120. The van der Waals surface area contributed by atoms with Crippen LogP contribution in [0.2, 0.25) is 5.02 Å². The predicted molar refractivity (Wildman–Crippen MR) is 128 cm³/mol. The van der Waals surface area contributed by atoms with Gasteiger partial charge in [-0.1, -0.05) is 53.6 Å². The molecule has 30 heavy (non-hydrogen) atoms. The van der Waals surface area contributed by atoms with E-state index in [0.717, 1.165) is 43.3 Å². The maximum Gasteiger partial charge on any atom is 0.256 e. The average Bonchev–Trinajstić information content (AvgIpc) is 2.72. The smallest absolute Gasteiger partial charge is 0.256 e. The molecule has 3 aromatic carbocycles. The Morgan fingerprint density at radius 1 is 0.967 bits per heavy atom. The second kappa shape index (κ2) is 8.21. The maximum atomic E-state index is 13.4. The highest BCUT2D eigenvalue weighted by Gasteiger charge is 2.17. The molecule has 0 atom stereocenters. The van der Waals surface area contributed by atoms with Gasteiger partial charge in [0, 0.05) is 21.1 Å². The summed E-state index contributed by atoms with van der Waals surface area (Å²) < 4.78 is 0.798. The Hall–Kier alpha value is -2.69. The number of carbonyl (C=O) groups is 1. The van der Waals surface area contributed by atoms with Crippen molar-refractivity contribution in [3.8, 4) is 11.3 Å². The highest BCUT2D eigenvalue weighted by molar-refractivity contribution is 9.10. The number of benzene rings is 3. The number of rotatable bonds is 3. The molecule has 0 unspecified atom stereocenters. The van der Waals surface area contributed by atoms with Crippen LogP contribution in [0.3, 0.4) is 0 Å². The zero-order valence-electron chi connectivity index (χ0n) is 16.9. The molecule has 1 N–H and O–H groups in total. The molecule has 0 radical (unpaired) electrons. The number of nitrogens with one attached hydrogen (secondary N) is 1. The first kappa shape index (κ1) is 20.6. The molecular formula is C25H20BrClN2O. The molecule has 0 aliphatic carbocycles. The normalized spacial score (nSPS) is 11.0. The Kier molecular flexibility index (Phi) is 5.63. The van der Waals surface area contributed by atoms with Gasteiger partial charge in [-0.15, -0.1) is 0 Å². The van der Waals surface area contributed by atoms with Crippen molar-refractivity contribution in [1.29, 1.82) is 0 Å². The number of amides is 1. The number of halogens is 2. The van der Waals surface area contributed by atoms with Crippen LogP contribution in [0.4, 0.5) is 5.69 Å². The first-order chi connectivity index (χ1) is 14.3. The lowest BCUT2D eigenvalue weighted by atomic mass is 9.99. The monoisotopic (exact) mass is 478 g/mol. The minimum Gasteiger partial charge on any atom is -0.322 e. The molecule has 1 aromatic heterocycles. The first-order valence-corrected chi connectivity index (χ1v) is 10.7. The second-order valence-electron chi connectivity index (χ2n) is 7.43. The number of aromatic nitrogens is 1. The standard InChI is InChI=1S/C25H20BrClN2O/c1-14-9-16(3)24-18(10-14)19(12-23(28-24)17-7-5-4-6-8-17)25(30)29-22-13-21(27)20(26)11-15(22)2/h4-13H,1-3H3,(H,29,30). The van der Waals surface area contributed by atoms with Crippen LogP contribution in [0.25, 0.3) is 22.2 Å². The number of aryl methyl sites for hydroxylation is 3. The number of carbonyl (C=O) groups excluding carboxylic acids is 1. The molecule has 0 aliphatic heterocycles. The minimum atomic E-state index is -0.189. The topological polar surface area (TPSA) is 42.0 Å². The molecule has 0 saturated carbocycles. The van der Waals surface area contributed by atoms with Crippen molar-refractivity contribution in [1.82, 2.24) is 4.98 Å². The zero-order chi connectivity index (χ0) is 21.4. The minimum absolute atomic E-state index is 0.189. The van der Waals surface area contributed by atoms with E-state index in [1.807, 2.05) is 69.3 Å².